The highest BCUT2D eigenvalue weighted by Crippen LogP contribution is 2.18. The van der Waals surface area contributed by atoms with Crippen LogP contribution in [0.1, 0.15) is 35.3 Å². The minimum absolute atomic E-state index is 0.0229. The Balaban J connectivity index is 1.88. The number of nitrogens with zero attached hydrogens (tertiary/aromatic N) is 1. The smallest absolute Gasteiger partial charge is 0.110 e. The molecule has 0 aliphatic heterocycles. The number of nitrogens with one attached hydrogen (secondary N) is 1. The first-order valence-electron chi connectivity index (χ1n) is 6.12. The Morgan fingerprint density at radius 1 is 1.33 bits per heavy atom. The second-order valence-corrected chi connectivity index (χ2v) is 5.36. The zero-order valence-electron chi connectivity index (χ0n) is 10.8. The number of aryl methyl sites for hydroxylation is 1. The summed E-state index contributed by atoms with van der Waals surface area (Å²) in [4.78, 5) is 4.48. The summed E-state index contributed by atoms with van der Waals surface area (Å²) in [5, 5.41) is 6.63. The van der Waals surface area contributed by atoms with Crippen LogP contribution in [0.2, 0.25) is 0 Å². The molecule has 0 fully saturated rings. The lowest BCUT2D eigenvalue weighted by Gasteiger charge is -2.16. The molecule has 0 radical (unpaired) electrons. The molecule has 1 heterocycles. The van der Waals surface area contributed by atoms with E-state index in [9.17, 15) is 0 Å². The fraction of sp³-hybridized carbons (Fsp3) is 0.357. The van der Waals surface area contributed by atoms with Gasteiger partial charge in [-0.2, -0.15) is 0 Å². The van der Waals surface area contributed by atoms with Gasteiger partial charge in [0.05, 0.1) is 6.04 Å². The van der Waals surface area contributed by atoms with Crippen molar-refractivity contribution in [1.82, 2.24) is 10.3 Å². The van der Waals surface area contributed by atoms with Gasteiger partial charge in [-0.15, -0.1) is 11.3 Å². The summed E-state index contributed by atoms with van der Waals surface area (Å²) in [6.07, 6.45) is 0. The second kappa shape index (κ2) is 6.09. The zero-order chi connectivity index (χ0) is 13.0. The maximum atomic E-state index is 6.15. The van der Waals surface area contributed by atoms with E-state index in [1.54, 1.807) is 11.3 Å². The van der Waals surface area contributed by atoms with Crippen LogP contribution in [0.25, 0.3) is 0 Å². The molecule has 0 aliphatic carbocycles. The van der Waals surface area contributed by atoms with E-state index in [4.69, 9.17) is 5.73 Å². The third-order valence-electron chi connectivity index (χ3n) is 2.88. The van der Waals surface area contributed by atoms with Gasteiger partial charge in [0.1, 0.15) is 5.01 Å². The van der Waals surface area contributed by atoms with Crippen molar-refractivity contribution in [2.24, 2.45) is 5.73 Å². The number of aromatic nitrogens is 1. The summed E-state index contributed by atoms with van der Waals surface area (Å²) in [7, 11) is 0. The molecule has 0 aliphatic rings. The van der Waals surface area contributed by atoms with Gasteiger partial charge in [0.15, 0.2) is 0 Å². The van der Waals surface area contributed by atoms with Gasteiger partial charge in [0.2, 0.25) is 0 Å². The summed E-state index contributed by atoms with van der Waals surface area (Å²) in [5.41, 5.74) is 8.39. The van der Waals surface area contributed by atoms with E-state index in [1.807, 2.05) is 25.1 Å². The molecule has 0 saturated heterocycles. The van der Waals surface area contributed by atoms with Crippen molar-refractivity contribution in [2.75, 3.05) is 6.54 Å². The molecule has 2 rings (SSSR count). The first-order valence-corrected chi connectivity index (χ1v) is 7.00. The Labute approximate surface area is 112 Å². The highest BCUT2D eigenvalue weighted by molar-refractivity contribution is 7.09. The fourth-order valence-electron chi connectivity index (χ4n) is 1.78. The van der Waals surface area contributed by atoms with Crippen LogP contribution in [0.3, 0.4) is 0 Å². The normalized spacial score (nSPS) is 14.4. The fourth-order valence-corrected chi connectivity index (χ4v) is 2.61. The third kappa shape index (κ3) is 3.38. The lowest BCUT2D eigenvalue weighted by Crippen LogP contribution is -2.29. The molecule has 0 saturated carbocycles. The summed E-state index contributed by atoms with van der Waals surface area (Å²) < 4.78 is 0. The van der Waals surface area contributed by atoms with E-state index >= 15 is 0 Å². The third-order valence-corrected chi connectivity index (χ3v) is 4.02. The number of rotatable bonds is 5. The largest absolute Gasteiger partial charge is 0.323 e. The predicted octanol–water partition coefficient (Wildman–Crippen LogP) is 2.80. The summed E-state index contributed by atoms with van der Waals surface area (Å²) in [6.45, 7) is 4.89. The van der Waals surface area contributed by atoms with Gasteiger partial charge in [-0.1, -0.05) is 30.3 Å². The molecule has 96 valence electrons. The Morgan fingerprint density at radius 2 is 2.06 bits per heavy atom. The van der Waals surface area contributed by atoms with Crippen molar-refractivity contribution in [3.63, 3.8) is 0 Å². The summed E-state index contributed by atoms with van der Waals surface area (Å²) in [5.74, 6) is 0. The average Bonchev–Trinajstić information content (AvgIpc) is 2.83. The Hall–Kier alpha value is -1.23. The average molecular weight is 261 g/mol. The second-order valence-electron chi connectivity index (χ2n) is 4.47. The van der Waals surface area contributed by atoms with Crippen LogP contribution in [0.15, 0.2) is 35.7 Å². The van der Waals surface area contributed by atoms with E-state index in [-0.39, 0.29) is 12.1 Å². The first kappa shape index (κ1) is 13.2. The Bertz CT molecular complexity index is 481. The number of thiazole rings is 1. The van der Waals surface area contributed by atoms with Crippen LogP contribution in [-0.4, -0.2) is 11.5 Å². The van der Waals surface area contributed by atoms with Crippen molar-refractivity contribution >= 4 is 11.3 Å². The molecule has 2 aromatic rings. The molecule has 4 heteroatoms. The van der Waals surface area contributed by atoms with Gasteiger partial charge in [-0.25, -0.2) is 4.98 Å². The van der Waals surface area contributed by atoms with E-state index in [0.29, 0.717) is 0 Å². The topological polar surface area (TPSA) is 50.9 Å². The maximum Gasteiger partial charge on any atom is 0.110 e. The Kier molecular flexibility index (Phi) is 4.47. The molecule has 2 unspecified atom stereocenters. The number of nitrogens with two attached hydrogens (primary N) is 1. The molecular formula is C14H19N3S. The molecule has 18 heavy (non-hydrogen) atoms. The summed E-state index contributed by atoms with van der Waals surface area (Å²) in [6, 6.07) is 10.4. The summed E-state index contributed by atoms with van der Waals surface area (Å²) >= 11 is 1.69. The van der Waals surface area contributed by atoms with Gasteiger partial charge < -0.3 is 11.1 Å². The SMILES string of the molecule is Cc1csc(C(C)NCC(N)c2ccccc2)n1. The van der Waals surface area contributed by atoms with Gasteiger partial charge in [-0.3, -0.25) is 0 Å². The monoisotopic (exact) mass is 261 g/mol. The lowest BCUT2D eigenvalue weighted by molar-refractivity contribution is 0.525. The number of hydrogen-bond donors (Lipinski definition) is 2. The zero-order valence-corrected chi connectivity index (χ0v) is 11.6. The van der Waals surface area contributed by atoms with Crippen LogP contribution in [0, 0.1) is 6.92 Å². The van der Waals surface area contributed by atoms with Gasteiger partial charge >= 0.3 is 0 Å². The highest BCUT2D eigenvalue weighted by Gasteiger charge is 2.11. The standard InChI is InChI=1S/C14H19N3S/c1-10-9-18-14(17-10)11(2)16-8-13(15)12-6-4-3-5-7-12/h3-7,9,11,13,16H,8,15H2,1-2H3. The van der Waals surface area contributed by atoms with Crippen molar-refractivity contribution in [3.8, 4) is 0 Å². The van der Waals surface area contributed by atoms with Crippen LogP contribution in [-0.2, 0) is 0 Å². The van der Waals surface area contributed by atoms with E-state index in [1.165, 1.54) is 0 Å². The minimum atomic E-state index is 0.0229. The molecule has 1 aromatic heterocycles. The molecule has 3 nitrogen and oxygen atoms in total. The minimum Gasteiger partial charge on any atom is -0.323 e. The van der Waals surface area contributed by atoms with Crippen LogP contribution in [0.5, 0.6) is 0 Å². The molecule has 3 N–H and O–H groups in total. The quantitative estimate of drug-likeness (QED) is 0.870. The van der Waals surface area contributed by atoms with Crippen LogP contribution < -0.4 is 11.1 Å². The molecule has 2 atom stereocenters. The number of benzene rings is 1. The van der Waals surface area contributed by atoms with Crippen molar-refractivity contribution in [1.29, 1.82) is 0 Å². The molecule has 0 amide bonds. The molecule has 0 spiro atoms. The van der Waals surface area contributed by atoms with Gasteiger partial charge in [0.25, 0.3) is 0 Å². The molecular weight excluding hydrogens is 242 g/mol. The highest BCUT2D eigenvalue weighted by atomic mass is 32.1. The van der Waals surface area contributed by atoms with Gasteiger partial charge in [-0.05, 0) is 19.4 Å². The van der Waals surface area contributed by atoms with E-state index < -0.39 is 0 Å². The Morgan fingerprint density at radius 3 is 2.67 bits per heavy atom. The van der Waals surface area contributed by atoms with Gasteiger partial charge in [0, 0.05) is 23.7 Å². The molecule has 0 bridgehead atoms. The number of hydrogen-bond acceptors (Lipinski definition) is 4. The predicted molar refractivity (Wildman–Crippen MR) is 76.6 cm³/mol. The first-order chi connectivity index (χ1) is 8.66. The van der Waals surface area contributed by atoms with Crippen molar-refractivity contribution in [2.45, 2.75) is 25.9 Å². The lowest BCUT2D eigenvalue weighted by atomic mass is 10.1. The molecule has 1 aromatic carbocycles. The van der Waals surface area contributed by atoms with E-state index in [2.05, 4.69) is 34.7 Å². The maximum absolute atomic E-state index is 6.15. The van der Waals surface area contributed by atoms with Crippen molar-refractivity contribution in [3.05, 3.63) is 52.0 Å². The van der Waals surface area contributed by atoms with Crippen LogP contribution >= 0.6 is 11.3 Å². The van der Waals surface area contributed by atoms with Crippen molar-refractivity contribution < 1.29 is 0 Å². The van der Waals surface area contributed by atoms with E-state index in [0.717, 1.165) is 22.8 Å². The van der Waals surface area contributed by atoms with Crippen LogP contribution in [0.4, 0.5) is 0 Å².